The average molecular weight is 309 g/mol. The summed E-state index contributed by atoms with van der Waals surface area (Å²) in [5, 5.41) is 3.28. The third-order valence-corrected chi connectivity index (χ3v) is 4.73. The smallest absolute Gasteiger partial charge is 0.230 e. The number of rotatable bonds is 3. The van der Waals surface area contributed by atoms with Gasteiger partial charge in [-0.1, -0.05) is 11.6 Å². The Bertz CT molecular complexity index is 405. The maximum atomic E-state index is 12.3. The second kappa shape index (κ2) is 6.75. The number of likely N-dealkylation sites (N-methyl/N-ethyl adjacent to an activating group) is 1. The first-order chi connectivity index (χ1) is 8.09. The molecule has 0 bridgehead atoms. The zero-order chi connectivity index (χ0) is 12.4. The van der Waals surface area contributed by atoms with Crippen molar-refractivity contribution in [2.24, 2.45) is 0 Å². The minimum Gasteiger partial charge on any atom is -0.341 e. The highest BCUT2D eigenvalue weighted by molar-refractivity contribution is 7.16. The molecule has 2 unspecified atom stereocenters. The number of halogens is 2. The molecule has 1 aromatic heterocycles. The number of nitrogens with one attached hydrogen (secondary N) is 1. The van der Waals surface area contributed by atoms with Gasteiger partial charge in [-0.15, -0.1) is 23.7 Å². The van der Waals surface area contributed by atoms with Gasteiger partial charge in [0.15, 0.2) is 0 Å². The number of carbonyl (C=O) groups excluding carboxylic acids is 1. The molecule has 2 heterocycles. The molecule has 1 aliphatic rings. The normalized spacial score (nSPS) is 20.3. The van der Waals surface area contributed by atoms with Gasteiger partial charge in [0.25, 0.3) is 0 Å². The van der Waals surface area contributed by atoms with Crippen LogP contribution in [-0.2, 0) is 4.79 Å². The predicted octanol–water partition coefficient (Wildman–Crippen LogP) is 2.75. The molecule has 2 atom stereocenters. The Morgan fingerprint density at radius 2 is 2.33 bits per heavy atom. The fourth-order valence-corrected chi connectivity index (χ4v) is 3.24. The van der Waals surface area contributed by atoms with Crippen molar-refractivity contribution in [3.63, 3.8) is 0 Å². The van der Waals surface area contributed by atoms with Crippen LogP contribution in [0.2, 0.25) is 4.34 Å². The molecule has 0 aromatic carbocycles. The summed E-state index contributed by atoms with van der Waals surface area (Å²) in [7, 11) is 1.89. The van der Waals surface area contributed by atoms with E-state index in [2.05, 4.69) is 5.32 Å². The highest BCUT2D eigenvalue weighted by Gasteiger charge is 2.27. The molecule has 3 nitrogen and oxygen atoms in total. The maximum absolute atomic E-state index is 12.3. The lowest BCUT2D eigenvalue weighted by Gasteiger charge is -2.26. The molecule has 102 valence electrons. The van der Waals surface area contributed by atoms with Crippen LogP contribution in [0, 0.1) is 0 Å². The molecule has 6 heteroatoms. The van der Waals surface area contributed by atoms with E-state index >= 15 is 0 Å². The molecule has 2 rings (SSSR count). The molecule has 1 fully saturated rings. The highest BCUT2D eigenvalue weighted by atomic mass is 35.5. The Labute approximate surface area is 123 Å². The Kier molecular flexibility index (Phi) is 5.92. The van der Waals surface area contributed by atoms with Gasteiger partial charge in [0.1, 0.15) is 0 Å². The fraction of sp³-hybridized carbons (Fsp3) is 0.583. The van der Waals surface area contributed by atoms with Gasteiger partial charge in [0.05, 0.1) is 10.3 Å². The van der Waals surface area contributed by atoms with Gasteiger partial charge in [-0.2, -0.15) is 0 Å². The molecule has 0 saturated carbocycles. The Hall–Kier alpha value is -0.290. The summed E-state index contributed by atoms with van der Waals surface area (Å²) in [6.07, 6.45) is 1.04. The Morgan fingerprint density at radius 1 is 1.61 bits per heavy atom. The van der Waals surface area contributed by atoms with Crippen LogP contribution in [-0.4, -0.2) is 37.0 Å². The van der Waals surface area contributed by atoms with Crippen LogP contribution in [0.15, 0.2) is 12.1 Å². The van der Waals surface area contributed by atoms with Crippen molar-refractivity contribution in [1.29, 1.82) is 0 Å². The molecule has 18 heavy (non-hydrogen) atoms. The zero-order valence-electron chi connectivity index (χ0n) is 10.5. The lowest BCUT2D eigenvalue weighted by Crippen LogP contribution is -2.40. The summed E-state index contributed by atoms with van der Waals surface area (Å²) >= 11 is 7.39. The predicted molar refractivity (Wildman–Crippen MR) is 79.0 cm³/mol. The molecule has 0 radical (unpaired) electrons. The minimum absolute atomic E-state index is 0. The first-order valence-electron chi connectivity index (χ1n) is 5.82. The first kappa shape index (κ1) is 15.8. The van der Waals surface area contributed by atoms with Crippen molar-refractivity contribution in [2.45, 2.75) is 25.3 Å². The van der Waals surface area contributed by atoms with Crippen LogP contribution in [0.25, 0.3) is 0 Å². The summed E-state index contributed by atoms with van der Waals surface area (Å²) in [6.45, 7) is 3.85. The zero-order valence-corrected chi connectivity index (χ0v) is 12.9. The number of thiophene rings is 1. The molecule has 1 amide bonds. The highest BCUT2D eigenvalue weighted by Crippen LogP contribution is 2.29. The molecular formula is C12H18Cl2N2OS. The van der Waals surface area contributed by atoms with Gasteiger partial charge in [0.2, 0.25) is 5.91 Å². The van der Waals surface area contributed by atoms with E-state index in [9.17, 15) is 4.79 Å². The Morgan fingerprint density at radius 3 is 2.83 bits per heavy atom. The van der Waals surface area contributed by atoms with Gasteiger partial charge >= 0.3 is 0 Å². The number of carbonyl (C=O) groups is 1. The number of hydrogen-bond donors (Lipinski definition) is 1. The Balaban J connectivity index is 0.00000162. The van der Waals surface area contributed by atoms with Crippen molar-refractivity contribution in [3.05, 3.63) is 21.3 Å². The first-order valence-corrected chi connectivity index (χ1v) is 7.01. The fourth-order valence-electron chi connectivity index (χ4n) is 2.14. The van der Waals surface area contributed by atoms with Gasteiger partial charge in [-0.05, 0) is 32.0 Å². The van der Waals surface area contributed by atoms with Crippen LogP contribution in [0.1, 0.15) is 24.1 Å². The van der Waals surface area contributed by atoms with E-state index in [1.54, 1.807) is 0 Å². The lowest BCUT2D eigenvalue weighted by molar-refractivity contribution is -0.132. The summed E-state index contributed by atoms with van der Waals surface area (Å²) in [5.74, 6) is 0.0790. The largest absolute Gasteiger partial charge is 0.341 e. The third kappa shape index (κ3) is 3.38. The summed E-state index contributed by atoms with van der Waals surface area (Å²) in [4.78, 5) is 15.2. The molecule has 1 saturated heterocycles. The summed E-state index contributed by atoms with van der Waals surface area (Å²) in [6, 6.07) is 4.12. The second-order valence-electron chi connectivity index (χ2n) is 4.46. The number of amides is 1. The van der Waals surface area contributed by atoms with Crippen LogP contribution < -0.4 is 5.32 Å². The SMILES string of the molecule is CC(C(=O)N(C)C1CCNC1)c1ccc(Cl)s1.Cl. The summed E-state index contributed by atoms with van der Waals surface area (Å²) in [5.41, 5.74) is 0. The van der Waals surface area contributed by atoms with Crippen LogP contribution in [0.4, 0.5) is 0 Å². The molecule has 1 aromatic rings. The van der Waals surface area contributed by atoms with E-state index in [4.69, 9.17) is 11.6 Å². The number of nitrogens with zero attached hydrogens (tertiary/aromatic N) is 1. The van der Waals surface area contributed by atoms with Crippen molar-refractivity contribution in [1.82, 2.24) is 10.2 Å². The summed E-state index contributed by atoms with van der Waals surface area (Å²) < 4.78 is 0.741. The van der Waals surface area contributed by atoms with E-state index in [0.717, 1.165) is 28.7 Å². The monoisotopic (exact) mass is 308 g/mol. The molecular weight excluding hydrogens is 291 g/mol. The van der Waals surface area contributed by atoms with Crippen molar-refractivity contribution < 1.29 is 4.79 Å². The van der Waals surface area contributed by atoms with Gasteiger partial charge in [-0.3, -0.25) is 4.79 Å². The molecule has 1 N–H and O–H groups in total. The quantitative estimate of drug-likeness (QED) is 0.931. The standard InChI is InChI=1S/C12H17ClN2OS.ClH/c1-8(10-3-4-11(13)17-10)12(16)15(2)9-5-6-14-7-9;/h3-4,8-9,14H,5-7H2,1-2H3;1H. The van der Waals surface area contributed by atoms with Crippen LogP contribution in [0.5, 0.6) is 0 Å². The molecule has 1 aliphatic heterocycles. The van der Waals surface area contributed by atoms with E-state index in [1.807, 2.05) is 31.0 Å². The lowest BCUT2D eigenvalue weighted by atomic mass is 10.1. The van der Waals surface area contributed by atoms with Gasteiger partial charge < -0.3 is 10.2 Å². The van der Waals surface area contributed by atoms with Gasteiger partial charge in [-0.25, -0.2) is 0 Å². The van der Waals surface area contributed by atoms with Crippen molar-refractivity contribution in [2.75, 3.05) is 20.1 Å². The molecule has 0 spiro atoms. The minimum atomic E-state index is -0.0990. The number of hydrogen-bond acceptors (Lipinski definition) is 3. The average Bonchev–Trinajstić information content (AvgIpc) is 2.96. The van der Waals surface area contributed by atoms with E-state index in [-0.39, 0.29) is 24.2 Å². The van der Waals surface area contributed by atoms with Gasteiger partial charge in [0, 0.05) is 24.5 Å². The van der Waals surface area contributed by atoms with E-state index in [1.165, 1.54) is 11.3 Å². The van der Waals surface area contributed by atoms with E-state index < -0.39 is 0 Å². The molecule has 0 aliphatic carbocycles. The van der Waals surface area contributed by atoms with Crippen LogP contribution in [0.3, 0.4) is 0 Å². The maximum Gasteiger partial charge on any atom is 0.230 e. The topological polar surface area (TPSA) is 32.3 Å². The van der Waals surface area contributed by atoms with Crippen molar-refractivity contribution in [3.8, 4) is 0 Å². The third-order valence-electron chi connectivity index (χ3n) is 3.32. The second-order valence-corrected chi connectivity index (χ2v) is 6.21. The van der Waals surface area contributed by atoms with Crippen LogP contribution >= 0.6 is 35.3 Å². The van der Waals surface area contributed by atoms with Crippen molar-refractivity contribution >= 4 is 41.3 Å². The van der Waals surface area contributed by atoms with E-state index in [0.29, 0.717) is 6.04 Å².